The maximum atomic E-state index is 5.88. The van der Waals surface area contributed by atoms with Crippen molar-refractivity contribution >= 4 is 28.8 Å². The summed E-state index contributed by atoms with van der Waals surface area (Å²) in [5, 5.41) is 0.728. The molecule has 1 unspecified atom stereocenters. The summed E-state index contributed by atoms with van der Waals surface area (Å²) in [7, 11) is 2.05. The molecule has 0 bridgehead atoms. The molecule has 0 aromatic heterocycles. The van der Waals surface area contributed by atoms with Crippen molar-refractivity contribution in [3.05, 3.63) is 34.9 Å². The molecule has 4 heteroatoms. The van der Waals surface area contributed by atoms with Crippen molar-refractivity contribution in [1.82, 2.24) is 4.90 Å². The first-order valence-electron chi connectivity index (χ1n) is 5.81. The van der Waals surface area contributed by atoms with Crippen LogP contribution >= 0.6 is 23.8 Å². The van der Waals surface area contributed by atoms with E-state index in [2.05, 4.69) is 11.8 Å². The van der Waals surface area contributed by atoms with Crippen molar-refractivity contribution in [3.8, 4) is 0 Å². The summed E-state index contributed by atoms with van der Waals surface area (Å²) in [5.74, 6) is 0. The van der Waals surface area contributed by atoms with Gasteiger partial charge in [0.1, 0.15) is 0 Å². The maximum absolute atomic E-state index is 5.88. The Balaban J connectivity index is 2.85. The van der Waals surface area contributed by atoms with Gasteiger partial charge < -0.3 is 5.73 Å². The zero-order chi connectivity index (χ0) is 12.8. The van der Waals surface area contributed by atoms with Crippen molar-refractivity contribution in [3.63, 3.8) is 0 Å². The molecule has 0 heterocycles. The van der Waals surface area contributed by atoms with E-state index in [0.717, 1.165) is 30.0 Å². The highest BCUT2D eigenvalue weighted by Crippen LogP contribution is 2.22. The molecule has 2 N–H and O–H groups in total. The van der Waals surface area contributed by atoms with Crippen LogP contribution in [0, 0.1) is 0 Å². The molecular weight excluding hydrogens is 252 g/mol. The number of hydrogen-bond acceptors (Lipinski definition) is 2. The Morgan fingerprint density at radius 1 is 1.41 bits per heavy atom. The third-order valence-electron chi connectivity index (χ3n) is 2.76. The van der Waals surface area contributed by atoms with E-state index in [1.54, 1.807) is 0 Å². The number of thiocarbonyl (C=S) groups is 1. The smallest absolute Gasteiger partial charge is 0.0948 e. The highest BCUT2D eigenvalue weighted by Gasteiger charge is 2.19. The second-order valence-electron chi connectivity index (χ2n) is 4.19. The number of nitrogens with two attached hydrogens (primary N) is 1. The second-order valence-corrected chi connectivity index (χ2v) is 5.10. The Bertz CT molecular complexity index is 364. The van der Waals surface area contributed by atoms with E-state index in [0.29, 0.717) is 4.99 Å². The van der Waals surface area contributed by atoms with E-state index >= 15 is 0 Å². The van der Waals surface area contributed by atoms with Gasteiger partial charge in [0, 0.05) is 5.02 Å². The SMILES string of the molecule is CCCCN(C)C(C(N)=S)c1ccc(Cl)cc1. The van der Waals surface area contributed by atoms with Gasteiger partial charge in [-0.2, -0.15) is 0 Å². The van der Waals surface area contributed by atoms with Gasteiger partial charge in [0.15, 0.2) is 0 Å². The summed E-state index contributed by atoms with van der Waals surface area (Å²) in [6.07, 6.45) is 2.30. The van der Waals surface area contributed by atoms with Crippen LogP contribution in [0.5, 0.6) is 0 Å². The number of unbranched alkanes of at least 4 members (excludes halogenated alkanes) is 1. The normalized spacial score (nSPS) is 12.7. The van der Waals surface area contributed by atoms with Crippen molar-refractivity contribution in [2.24, 2.45) is 5.73 Å². The maximum Gasteiger partial charge on any atom is 0.0948 e. The molecule has 0 aliphatic rings. The lowest BCUT2D eigenvalue weighted by molar-refractivity contribution is 0.296. The Kier molecular flexibility index (Phi) is 5.89. The topological polar surface area (TPSA) is 29.3 Å². The van der Waals surface area contributed by atoms with E-state index < -0.39 is 0 Å². The van der Waals surface area contributed by atoms with Crippen LogP contribution in [0.1, 0.15) is 31.4 Å². The number of hydrogen-bond donors (Lipinski definition) is 1. The highest BCUT2D eigenvalue weighted by atomic mass is 35.5. The van der Waals surface area contributed by atoms with Gasteiger partial charge in [-0.05, 0) is 37.7 Å². The fourth-order valence-corrected chi connectivity index (χ4v) is 2.26. The first kappa shape index (κ1) is 14.4. The first-order chi connectivity index (χ1) is 8.06. The Morgan fingerprint density at radius 2 is 2.00 bits per heavy atom. The Morgan fingerprint density at radius 3 is 2.47 bits per heavy atom. The standard InChI is InChI=1S/C13H19ClN2S/c1-3-4-9-16(2)12(13(15)17)10-5-7-11(14)8-6-10/h5-8,12H,3-4,9H2,1-2H3,(H2,15,17). The lowest BCUT2D eigenvalue weighted by Crippen LogP contribution is -2.34. The molecule has 1 aromatic rings. The fraction of sp³-hybridized carbons (Fsp3) is 0.462. The zero-order valence-electron chi connectivity index (χ0n) is 10.3. The molecule has 0 fully saturated rings. The van der Waals surface area contributed by atoms with Gasteiger partial charge in [0.25, 0.3) is 0 Å². The number of likely N-dealkylation sites (N-methyl/N-ethyl adjacent to an activating group) is 1. The predicted octanol–water partition coefficient (Wildman–Crippen LogP) is 3.40. The van der Waals surface area contributed by atoms with E-state index in [-0.39, 0.29) is 6.04 Å². The highest BCUT2D eigenvalue weighted by molar-refractivity contribution is 7.80. The molecule has 0 aliphatic carbocycles. The number of benzene rings is 1. The van der Waals surface area contributed by atoms with Gasteiger partial charge in [-0.15, -0.1) is 0 Å². The monoisotopic (exact) mass is 270 g/mol. The minimum absolute atomic E-state index is 0.00573. The molecule has 0 amide bonds. The predicted molar refractivity (Wildman–Crippen MR) is 78.5 cm³/mol. The number of nitrogens with zero attached hydrogens (tertiary/aromatic N) is 1. The number of halogens is 1. The first-order valence-corrected chi connectivity index (χ1v) is 6.60. The van der Waals surface area contributed by atoms with Crippen LogP contribution in [0.15, 0.2) is 24.3 Å². The summed E-state index contributed by atoms with van der Waals surface area (Å²) in [6, 6.07) is 7.70. The summed E-state index contributed by atoms with van der Waals surface area (Å²) in [6.45, 7) is 3.16. The molecule has 0 aliphatic heterocycles. The van der Waals surface area contributed by atoms with Crippen molar-refractivity contribution < 1.29 is 0 Å². The molecule has 0 radical (unpaired) electrons. The van der Waals surface area contributed by atoms with Gasteiger partial charge in [0.2, 0.25) is 0 Å². The van der Waals surface area contributed by atoms with Gasteiger partial charge in [-0.1, -0.05) is 49.3 Å². The van der Waals surface area contributed by atoms with Crippen molar-refractivity contribution in [1.29, 1.82) is 0 Å². The molecule has 94 valence electrons. The molecule has 1 rings (SSSR count). The molecule has 0 spiro atoms. The lowest BCUT2D eigenvalue weighted by Gasteiger charge is -2.27. The quantitative estimate of drug-likeness (QED) is 0.804. The summed E-state index contributed by atoms with van der Waals surface area (Å²) in [4.78, 5) is 2.70. The van der Waals surface area contributed by atoms with Crippen LogP contribution in [-0.4, -0.2) is 23.5 Å². The second kappa shape index (κ2) is 6.94. The van der Waals surface area contributed by atoms with Crippen molar-refractivity contribution in [2.75, 3.05) is 13.6 Å². The molecule has 0 saturated carbocycles. The van der Waals surface area contributed by atoms with Crippen LogP contribution in [-0.2, 0) is 0 Å². The van der Waals surface area contributed by atoms with Crippen LogP contribution in [0.3, 0.4) is 0 Å². The van der Waals surface area contributed by atoms with E-state index in [9.17, 15) is 0 Å². The van der Waals surface area contributed by atoms with Crippen molar-refractivity contribution in [2.45, 2.75) is 25.8 Å². The molecule has 1 atom stereocenters. The molecule has 1 aromatic carbocycles. The van der Waals surface area contributed by atoms with Crippen LogP contribution in [0.4, 0.5) is 0 Å². The van der Waals surface area contributed by atoms with Gasteiger partial charge in [0.05, 0.1) is 11.0 Å². The number of rotatable bonds is 6. The third kappa shape index (κ3) is 4.26. The minimum Gasteiger partial charge on any atom is -0.392 e. The van der Waals surface area contributed by atoms with Crippen LogP contribution in [0.2, 0.25) is 5.02 Å². The van der Waals surface area contributed by atoms with E-state index in [4.69, 9.17) is 29.6 Å². The fourth-order valence-electron chi connectivity index (χ4n) is 1.82. The molecular formula is C13H19ClN2S. The summed E-state index contributed by atoms with van der Waals surface area (Å²) >= 11 is 11.0. The minimum atomic E-state index is -0.00573. The molecule has 2 nitrogen and oxygen atoms in total. The van der Waals surface area contributed by atoms with Gasteiger partial charge in [-0.25, -0.2) is 0 Å². The molecule has 0 saturated heterocycles. The zero-order valence-corrected chi connectivity index (χ0v) is 11.9. The van der Waals surface area contributed by atoms with Crippen LogP contribution < -0.4 is 5.73 Å². The average molecular weight is 271 g/mol. The van der Waals surface area contributed by atoms with Gasteiger partial charge in [-0.3, -0.25) is 4.90 Å². The lowest BCUT2D eigenvalue weighted by atomic mass is 10.1. The molecule has 17 heavy (non-hydrogen) atoms. The van der Waals surface area contributed by atoms with Gasteiger partial charge >= 0.3 is 0 Å². The Labute approximate surface area is 114 Å². The summed E-state index contributed by atoms with van der Waals surface area (Å²) in [5.41, 5.74) is 6.93. The Hall–Kier alpha value is -0.640. The van der Waals surface area contributed by atoms with Crippen LogP contribution in [0.25, 0.3) is 0 Å². The van der Waals surface area contributed by atoms with E-state index in [1.807, 2.05) is 31.3 Å². The van der Waals surface area contributed by atoms with E-state index in [1.165, 1.54) is 0 Å². The third-order valence-corrected chi connectivity index (χ3v) is 3.24. The largest absolute Gasteiger partial charge is 0.392 e. The summed E-state index contributed by atoms with van der Waals surface area (Å²) < 4.78 is 0. The average Bonchev–Trinajstić information content (AvgIpc) is 2.29.